The Balaban J connectivity index is 2.31. The van der Waals surface area contributed by atoms with Gasteiger partial charge >= 0.3 is 0 Å². The summed E-state index contributed by atoms with van der Waals surface area (Å²) in [4.78, 5) is 3.75. The molecule has 0 fully saturated rings. The minimum absolute atomic E-state index is 0.619. The van der Waals surface area contributed by atoms with Crippen molar-refractivity contribution in [3.8, 4) is 0 Å². The average molecular weight is 630 g/mol. The molecule has 1 aromatic heterocycles. The van der Waals surface area contributed by atoms with E-state index in [1.807, 2.05) is 0 Å². The van der Waals surface area contributed by atoms with Gasteiger partial charge in [-0.1, -0.05) is 213 Å². The van der Waals surface area contributed by atoms with Crippen molar-refractivity contribution in [1.82, 2.24) is 4.98 Å². The van der Waals surface area contributed by atoms with Crippen LogP contribution in [0.25, 0.3) is 0 Å². The zero-order chi connectivity index (χ0) is 32.5. The third-order valence-electron chi connectivity index (χ3n) is 10.6. The van der Waals surface area contributed by atoms with E-state index in [9.17, 15) is 0 Å². The number of nitrogens with zero attached hydrogens (tertiary/aromatic N) is 1. The van der Waals surface area contributed by atoms with E-state index in [0.717, 1.165) is 0 Å². The standard InChI is InChI=1S/C43H84N2/c1-5-8-11-14-17-19-20-21-22-23-24-25-27-29-32-35-38-42(37-34-31-16-13-10-7-3)43-44-39-40-45(43)41(4)36-33-30-28-26-18-15-12-9-6-2/h39-42H,5-38H2,1-4H3/p+1. The molecule has 2 unspecified atom stereocenters. The Morgan fingerprint density at radius 2 is 0.711 bits per heavy atom. The predicted octanol–water partition coefficient (Wildman–Crippen LogP) is 15.3. The molecule has 0 aromatic carbocycles. The molecule has 2 atom stereocenters. The second-order valence-electron chi connectivity index (χ2n) is 15.1. The van der Waals surface area contributed by atoms with Crippen molar-refractivity contribution in [2.75, 3.05) is 0 Å². The first kappa shape index (κ1) is 42.2. The summed E-state index contributed by atoms with van der Waals surface area (Å²) in [5.74, 6) is 2.25. The molecule has 0 bridgehead atoms. The summed E-state index contributed by atoms with van der Waals surface area (Å²) in [5.41, 5.74) is 0. The number of imidazole rings is 1. The summed E-state index contributed by atoms with van der Waals surface area (Å²) in [6, 6.07) is 0.619. The van der Waals surface area contributed by atoms with Gasteiger partial charge < -0.3 is 0 Å². The van der Waals surface area contributed by atoms with Gasteiger partial charge in [-0.3, -0.25) is 0 Å². The second-order valence-corrected chi connectivity index (χ2v) is 15.1. The van der Waals surface area contributed by atoms with E-state index in [2.05, 4.69) is 49.6 Å². The highest BCUT2D eigenvalue weighted by Gasteiger charge is 2.25. The second kappa shape index (κ2) is 33.1. The first-order valence-corrected chi connectivity index (χ1v) is 21.3. The van der Waals surface area contributed by atoms with Crippen LogP contribution >= 0.6 is 0 Å². The van der Waals surface area contributed by atoms with E-state index >= 15 is 0 Å². The van der Waals surface area contributed by atoms with Crippen LogP contribution in [0.15, 0.2) is 12.4 Å². The molecule has 2 nitrogen and oxygen atoms in total. The number of rotatable bonds is 36. The molecular formula is C43H85N2+. The number of nitrogens with one attached hydrogen (secondary N) is 1. The maximum atomic E-state index is 3.75. The van der Waals surface area contributed by atoms with Gasteiger partial charge in [0.25, 0.3) is 5.82 Å². The number of unbranched alkanes of at least 4 members (excludes halogenated alkanes) is 28. The molecule has 1 rings (SSSR count). The van der Waals surface area contributed by atoms with Crippen molar-refractivity contribution < 1.29 is 4.57 Å². The van der Waals surface area contributed by atoms with E-state index in [-0.39, 0.29) is 0 Å². The van der Waals surface area contributed by atoms with Gasteiger partial charge in [0.1, 0.15) is 12.4 Å². The molecule has 1 heterocycles. The normalized spacial score (nSPS) is 13.1. The molecule has 2 heteroatoms. The van der Waals surface area contributed by atoms with Crippen molar-refractivity contribution in [2.45, 2.75) is 258 Å². The lowest BCUT2D eigenvalue weighted by molar-refractivity contribution is -0.727. The molecule has 266 valence electrons. The van der Waals surface area contributed by atoms with Crippen LogP contribution in [-0.2, 0) is 0 Å². The lowest BCUT2D eigenvalue weighted by Gasteiger charge is -2.17. The minimum atomic E-state index is 0.619. The van der Waals surface area contributed by atoms with Crippen LogP contribution in [0.1, 0.15) is 264 Å². The third-order valence-corrected chi connectivity index (χ3v) is 10.6. The largest absolute Gasteiger partial charge is 0.257 e. The van der Waals surface area contributed by atoms with E-state index in [1.165, 1.54) is 224 Å². The van der Waals surface area contributed by atoms with Crippen molar-refractivity contribution in [3.63, 3.8) is 0 Å². The van der Waals surface area contributed by atoms with Gasteiger partial charge in [0.2, 0.25) is 0 Å². The van der Waals surface area contributed by atoms with Gasteiger partial charge in [-0.25, -0.2) is 9.55 Å². The highest BCUT2D eigenvalue weighted by atomic mass is 15.1. The van der Waals surface area contributed by atoms with Gasteiger partial charge in [0.05, 0.1) is 12.0 Å². The number of hydrogen-bond acceptors (Lipinski definition) is 0. The number of hydrogen-bond donors (Lipinski definition) is 1. The van der Waals surface area contributed by atoms with E-state index in [0.29, 0.717) is 12.0 Å². The van der Waals surface area contributed by atoms with E-state index in [1.54, 1.807) is 0 Å². The summed E-state index contributed by atoms with van der Waals surface area (Å²) in [5, 5.41) is 0. The van der Waals surface area contributed by atoms with Crippen molar-refractivity contribution in [1.29, 1.82) is 0 Å². The van der Waals surface area contributed by atoms with Crippen LogP contribution in [-0.4, -0.2) is 4.98 Å². The number of aromatic nitrogens is 2. The molecule has 0 radical (unpaired) electrons. The quantitative estimate of drug-likeness (QED) is 0.0563. The molecule has 0 amide bonds. The van der Waals surface area contributed by atoms with Crippen LogP contribution in [0.5, 0.6) is 0 Å². The van der Waals surface area contributed by atoms with E-state index < -0.39 is 0 Å². The zero-order valence-electron chi connectivity index (χ0n) is 31.8. The number of H-pyrrole nitrogens is 1. The Morgan fingerprint density at radius 3 is 1.04 bits per heavy atom. The maximum absolute atomic E-state index is 3.75. The summed E-state index contributed by atoms with van der Waals surface area (Å²) in [7, 11) is 0. The van der Waals surface area contributed by atoms with Crippen LogP contribution in [0, 0.1) is 0 Å². The Kier molecular flexibility index (Phi) is 31.1. The topological polar surface area (TPSA) is 19.7 Å². The lowest BCUT2D eigenvalue weighted by Crippen LogP contribution is -2.41. The minimum Gasteiger partial charge on any atom is -0.247 e. The summed E-state index contributed by atoms with van der Waals surface area (Å²) < 4.78 is 2.64. The van der Waals surface area contributed by atoms with Crippen LogP contribution in [0.2, 0.25) is 0 Å². The van der Waals surface area contributed by atoms with E-state index in [4.69, 9.17) is 0 Å². The first-order chi connectivity index (χ1) is 22.2. The Morgan fingerprint density at radius 1 is 0.422 bits per heavy atom. The monoisotopic (exact) mass is 630 g/mol. The fourth-order valence-electron chi connectivity index (χ4n) is 7.49. The molecule has 45 heavy (non-hydrogen) atoms. The highest BCUT2D eigenvalue weighted by Crippen LogP contribution is 2.27. The van der Waals surface area contributed by atoms with Crippen molar-refractivity contribution in [3.05, 3.63) is 18.2 Å². The highest BCUT2D eigenvalue weighted by molar-refractivity contribution is 4.90. The van der Waals surface area contributed by atoms with Gasteiger partial charge in [0.15, 0.2) is 0 Å². The van der Waals surface area contributed by atoms with Crippen LogP contribution in [0.3, 0.4) is 0 Å². The smallest absolute Gasteiger partial charge is 0.247 e. The average Bonchev–Trinajstić information content (AvgIpc) is 3.54. The molecule has 0 aliphatic carbocycles. The molecule has 0 aliphatic rings. The molecule has 0 aliphatic heterocycles. The molecule has 0 spiro atoms. The summed E-state index contributed by atoms with van der Waals surface area (Å²) in [6.45, 7) is 9.42. The molecule has 0 saturated carbocycles. The fraction of sp³-hybridized carbons (Fsp3) is 0.930. The maximum Gasteiger partial charge on any atom is 0.257 e. The van der Waals surface area contributed by atoms with Gasteiger partial charge in [-0.15, -0.1) is 0 Å². The summed E-state index contributed by atoms with van der Waals surface area (Å²) >= 11 is 0. The fourth-order valence-corrected chi connectivity index (χ4v) is 7.49. The zero-order valence-corrected chi connectivity index (χ0v) is 31.8. The van der Waals surface area contributed by atoms with Crippen molar-refractivity contribution >= 4 is 0 Å². The molecule has 0 saturated heterocycles. The Bertz CT molecular complexity index is 694. The Labute approximate surface area is 285 Å². The predicted molar refractivity (Wildman–Crippen MR) is 202 cm³/mol. The molecular weight excluding hydrogens is 544 g/mol. The number of aromatic amines is 1. The third kappa shape index (κ3) is 25.0. The Hall–Kier alpha value is -0.790. The summed E-state index contributed by atoms with van der Waals surface area (Å²) in [6.07, 6.45) is 53.2. The van der Waals surface area contributed by atoms with Crippen LogP contribution in [0.4, 0.5) is 0 Å². The SMILES string of the molecule is CCCCCCCCCCCCCCCCCCC(CCCCCCCC)c1[nH]cc[n+]1C(C)CCCCCCCCCCC. The first-order valence-electron chi connectivity index (χ1n) is 21.3. The van der Waals surface area contributed by atoms with Gasteiger partial charge in [0, 0.05) is 0 Å². The molecule has 1 aromatic rings. The van der Waals surface area contributed by atoms with Gasteiger partial charge in [-0.05, 0) is 32.6 Å². The molecule has 1 N–H and O–H groups in total. The lowest BCUT2D eigenvalue weighted by atomic mass is 9.92. The van der Waals surface area contributed by atoms with Gasteiger partial charge in [-0.2, -0.15) is 0 Å². The van der Waals surface area contributed by atoms with Crippen LogP contribution < -0.4 is 4.57 Å². The van der Waals surface area contributed by atoms with Crippen molar-refractivity contribution in [2.24, 2.45) is 0 Å².